The van der Waals surface area contributed by atoms with Crippen LogP contribution in [0, 0.1) is 0 Å². The van der Waals surface area contributed by atoms with Crippen molar-refractivity contribution in [2.24, 2.45) is 0 Å². The molecule has 2 aliphatic heterocycles. The number of thioether (sulfide) groups is 1. The highest BCUT2D eigenvalue weighted by atomic mass is 79.9. The number of carboxylic acids is 1. The molecule has 2 aliphatic rings. The number of hydrogen-bond donors (Lipinski definition) is 1. The summed E-state index contributed by atoms with van der Waals surface area (Å²) < 4.78 is 6.98. The van der Waals surface area contributed by atoms with Crippen LogP contribution in [0.1, 0.15) is 5.56 Å². The Balaban J connectivity index is 1.66. The third-order valence-corrected chi connectivity index (χ3v) is 5.24. The van der Waals surface area contributed by atoms with E-state index in [1.54, 1.807) is 11.8 Å². The highest BCUT2D eigenvalue weighted by Crippen LogP contribution is 2.32. The van der Waals surface area contributed by atoms with Gasteiger partial charge in [0.05, 0.1) is 0 Å². The van der Waals surface area contributed by atoms with E-state index in [1.807, 2.05) is 17.0 Å². The van der Waals surface area contributed by atoms with Gasteiger partial charge in [-0.25, -0.2) is 0 Å². The first-order valence-corrected chi connectivity index (χ1v) is 8.58. The molecule has 1 fully saturated rings. The molecule has 3 rings (SSSR count). The van der Waals surface area contributed by atoms with E-state index in [4.69, 9.17) is 4.74 Å². The second-order valence-electron chi connectivity index (χ2n) is 5.12. The summed E-state index contributed by atoms with van der Waals surface area (Å²) in [5.41, 5.74) is 1.20. The fraction of sp³-hybridized carbons (Fsp3) is 0.500. The number of ether oxygens (including phenoxy) is 1. The molecule has 0 radical (unpaired) electrons. The minimum absolute atomic E-state index is 0.0595. The molecule has 2 atom stereocenters. The maximum atomic E-state index is 11.3. The lowest BCUT2D eigenvalue weighted by Gasteiger charge is -2.33. The van der Waals surface area contributed by atoms with Crippen LogP contribution in [0.25, 0.3) is 0 Å². The Morgan fingerprint density at radius 3 is 3.20 bits per heavy atom. The van der Waals surface area contributed by atoms with Crippen molar-refractivity contribution in [2.75, 3.05) is 24.6 Å². The van der Waals surface area contributed by atoms with Gasteiger partial charge in [-0.15, -0.1) is 0 Å². The Morgan fingerprint density at radius 1 is 1.55 bits per heavy atom. The molecule has 1 aromatic rings. The van der Waals surface area contributed by atoms with E-state index in [0.29, 0.717) is 12.3 Å². The summed E-state index contributed by atoms with van der Waals surface area (Å²) in [4.78, 5) is 13.3. The normalized spacial score (nSPS) is 26.1. The Morgan fingerprint density at radius 2 is 2.40 bits per heavy atom. The maximum Gasteiger partial charge on any atom is 0.321 e. The van der Waals surface area contributed by atoms with E-state index in [1.165, 1.54) is 5.56 Å². The minimum atomic E-state index is -0.726. The Hall–Kier alpha value is -0.720. The summed E-state index contributed by atoms with van der Waals surface area (Å²) in [6.07, 6.45) is 0.911. The fourth-order valence-electron chi connectivity index (χ4n) is 2.74. The zero-order valence-electron chi connectivity index (χ0n) is 10.9. The van der Waals surface area contributed by atoms with E-state index < -0.39 is 5.97 Å². The van der Waals surface area contributed by atoms with Gasteiger partial charge >= 0.3 is 5.97 Å². The van der Waals surface area contributed by atoms with Crippen LogP contribution in [0.4, 0.5) is 0 Å². The van der Waals surface area contributed by atoms with E-state index >= 15 is 0 Å². The molecule has 1 aromatic carbocycles. The number of rotatable bonds is 3. The molecule has 0 spiro atoms. The quantitative estimate of drug-likeness (QED) is 0.898. The van der Waals surface area contributed by atoms with Crippen LogP contribution in [0.2, 0.25) is 0 Å². The molecular weight excluding hydrogens is 342 g/mol. The number of aliphatic carboxylic acids is 1. The molecule has 108 valence electrons. The highest BCUT2D eigenvalue weighted by molar-refractivity contribution is 9.10. The lowest BCUT2D eigenvalue weighted by Crippen LogP contribution is -2.50. The largest absolute Gasteiger partial charge is 0.488 e. The van der Waals surface area contributed by atoms with Crippen LogP contribution in [-0.4, -0.2) is 52.7 Å². The fourth-order valence-corrected chi connectivity index (χ4v) is 4.25. The van der Waals surface area contributed by atoms with E-state index in [0.717, 1.165) is 28.9 Å². The number of fused-ring (bicyclic) bond motifs is 1. The smallest absolute Gasteiger partial charge is 0.321 e. The molecule has 2 heterocycles. The topological polar surface area (TPSA) is 49.8 Å². The minimum Gasteiger partial charge on any atom is -0.488 e. The van der Waals surface area contributed by atoms with Crippen LogP contribution in [0.15, 0.2) is 22.7 Å². The standard InChI is InChI=1S/C14H16BrNO3S/c15-10-1-2-13-9(5-10)6-11(19-13)7-16-3-4-20-8-12(16)14(17)18/h1-2,5,11-12H,3-4,6-8H2,(H,17,18). The van der Waals surface area contributed by atoms with Gasteiger partial charge in [-0.3, -0.25) is 9.69 Å². The molecule has 0 saturated carbocycles. The van der Waals surface area contributed by atoms with Crippen LogP contribution >= 0.6 is 27.7 Å². The monoisotopic (exact) mass is 357 g/mol. The van der Waals surface area contributed by atoms with E-state index in [-0.39, 0.29) is 12.1 Å². The van der Waals surface area contributed by atoms with Gasteiger partial charge in [0.25, 0.3) is 0 Å². The van der Waals surface area contributed by atoms with Crippen molar-refractivity contribution in [3.05, 3.63) is 28.2 Å². The van der Waals surface area contributed by atoms with Gasteiger partial charge in [-0.2, -0.15) is 11.8 Å². The SMILES string of the molecule is O=C(O)C1CSCCN1CC1Cc2cc(Br)ccc2O1. The zero-order chi connectivity index (χ0) is 14.1. The summed E-state index contributed by atoms with van der Waals surface area (Å²) in [5, 5.41) is 9.29. The first kappa shape index (κ1) is 14.2. The van der Waals surface area contributed by atoms with Crippen LogP contribution < -0.4 is 4.74 Å². The first-order valence-electron chi connectivity index (χ1n) is 6.63. The Kier molecular flexibility index (Phi) is 4.23. The predicted molar refractivity (Wildman–Crippen MR) is 82.6 cm³/mol. The van der Waals surface area contributed by atoms with Gasteiger partial charge in [0.15, 0.2) is 0 Å². The van der Waals surface area contributed by atoms with Gasteiger partial charge in [-0.05, 0) is 23.8 Å². The third kappa shape index (κ3) is 2.97. The molecular formula is C14H16BrNO3S. The van der Waals surface area contributed by atoms with Crippen molar-refractivity contribution < 1.29 is 14.6 Å². The summed E-state index contributed by atoms with van der Waals surface area (Å²) in [5.74, 6) is 1.86. The molecule has 4 nitrogen and oxygen atoms in total. The second-order valence-corrected chi connectivity index (χ2v) is 7.19. The molecule has 6 heteroatoms. The van der Waals surface area contributed by atoms with Gasteiger partial charge < -0.3 is 9.84 Å². The van der Waals surface area contributed by atoms with Gasteiger partial charge in [-0.1, -0.05) is 15.9 Å². The zero-order valence-corrected chi connectivity index (χ0v) is 13.3. The Labute approximate surface area is 130 Å². The number of carboxylic acid groups (broad SMARTS) is 1. The predicted octanol–water partition coefficient (Wildman–Crippen LogP) is 2.25. The number of hydrogen-bond acceptors (Lipinski definition) is 4. The van der Waals surface area contributed by atoms with Gasteiger partial charge in [0, 0.05) is 35.5 Å². The summed E-state index contributed by atoms with van der Waals surface area (Å²) in [6, 6.07) is 5.64. The molecule has 0 amide bonds. The molecule has 2 unspecified atom stereocenters. The number of benzene rings is 1. The highest BCUT2D eigenvalue weighted by Gasteiger charge is 2.33. The van der Waals surface area contributed by atoms with Crippen molar-refractivity contribution in [3.8, 4) is 5.75 Å². The number of nitrogens with zero attached hydrogens (tertiary/aromatic N) is 1. The first-order chi connectivity index (χ1) is 9.63. The summed E-state index contributed by atoms with van der Waals surface area (Å²) >= 11 is 5.18. The summed E-state index contributed by atoms with van der Waals surface area (Å²) in [7, 11) is 0. The van der Waals surface area contributed by atoms with Crippen LogP contribution in [0.5, 0.6) is 5.75 Å². The lowest BCUT2D eigenvalue weighted by molar-refractivity contribution is -0.142. The average Bonchev–Trinajstić information content (AvgIpc) is 2.80. The Bertz CT molecular complexity index is 525. The average molecular weight is 358 g/mol. The maximum absolute atomic E-state index is 11.3. The van der Waals surface area contributed by atoms with Crippen molar-refractivity contribution in [1.29, 1.82) is 0 Å². The molecule has 20 heavy (non-hydrogen) atoms. The molecule has 0 bridgehead atoms. The van der Waals surface area contributed by atoms with Gasteiger partial charge in [0.2, 0.25) is 0 Å². The lowest BCUT2D eigenvalue weighted by atomic mass is 10.1. The molecule has 1 saturated heterocycles. The van der Waals surface area contributed by atoms with Crippen LogP contribution in [-0.2, 0) is 11.2 Å². The van der Waals surface area contributed by atoms with Crippen molar-refractivity contribution in [3.63, 3.8) is 0 Å². The van der Waals surface area contributed by atoms with Crippen molar-refractivity contribution in [2.45, 2.75) is 18.6 Å². The van der Waals surface area contributed by atoms with Crippen LogP contribution in [0.3, 0.4) is 0 Å². The molecule has 1 N–H and O–H groups in total. The van der Waals surface area contributed by atoms with Crippen molar-refractivity contribution >= 4 is 33.7 Å². The molecule has 0 aliphatic carbocycles. The second kappa shape index (κ2) is 5.95. The van der Waals surface area contributed by atoms with E-state index in [2.05, 4.69) is 22.0 Å². The summed E-state index contributed by atoms with van der Waals surface area (Å²) in [6.45, 7) is 1.51. The molecule has 0 aromatic heterocycles. The third-order valence-electron chi connectivity index (χ3n) is 3.73. The van der Waals surface area contributed by atoms with E-state index in [9.17, 15) is 9.90 Å². The number of carbonyl (C=O) groups is 1. The van der Waals surface area contributed by atoms with Crippen molar-refractivity contribution in [1.82, 2.24) is 4.90 Å². The van der Waals surface area contributed by atoms with Gasteiger partial charge in [0.1, 0.15) is 17.9 Å². The number of halogens is 1.